The molecule has 0 aliphatic carbocycles. The maximum atomic E-state index is 9.42. The van der Waals surface area contributed by atoms with Gasteiger partial charge in [-0.05, 0) is 62.6 Å². The summed E-state index contributed by atoms with van der Waals surface area (Å²) in [7, 11) is -1.72. The molecule has 3 aromatic rings. The first-order valence-corrected chi connectivity index (χ1v) is 12.6. The highest BCUT2D eigenvalue weighted by Crippen LogP contribution is 2.55. The quantitative estimate of drug-likeness (QED) is 0.270. The van der Waals surface area contributed by atoms with Crippen LogP contribution < -0.4 is 15.9 Å². The Kier molecular flexibility index (Phi) is 8.23. The molecule has 0 aliphatic heterocycles. The normalized spacial score (nSPS) is 12.9. The van der Waals surface area contributed by atoms with Crippen molar-refractivity contribution >= 4 is 23.2 Å². The zero-order valence-corrected chi connectivity index (χ0v) is 18.2. The topological polar surface area (TPSA) is 20.2 Å². The molecule has 0 aliphatic rings. The van der Waals surface area contributed by atoms with Crippen LogP contribution in [0, 0.1) is 0 Å². The molecule has 0 fully saturated rings. The molecule has 0 saturated heterocycles. The Balaban J connectivity index is 1.92. The van der Waals surface area contributed by atoms with Crippen molar-refractivity contribution in [2.45, 2.75) is 38.7 Å². The molecule has 0 heterocycles. The molecule has 29 heavy (non-hydrogen) atoms. The SMILES string of the molecule is C[C@@H](O)CCC/C=C\CC[P+](c1ccccc1)(c1ccccc1)c1ccccc1. The Hall–Kier alpha value is -2.21. The van der Waals surface area contributed by atoms with Gasteiger partial charge in [-0.15, -0.1) is 0 Å². The minimum atomic E-state index is -1.72. The fourth-order valence-electron chi connectivity index (χ4n) is 3.92. The van der Waals surface area contributed by atoms with Crippen molar-refractivity contribution in [1.82, 2.24) is 0 Å². The summed E-state index contributed by atoms with van der Waals surface area (Å²) in [5, 5.41) is 13.8. The summed E-state index contributed by atoms with van der Waals surface area (Å²) in [5.41, 5.74) is 0. The molecular formula is C27H32OP+. The van der Waals surface area contributed by atoms with E-state index in [-0.39, 0.29) is 6.10 Å². The van der Waals surface area contributed by atoms with Gasteiger partial charge in [-0.25, -0.2) is 0 Å². The molecule has 3 aromatic carbocycles. The van der Waals surface area contributed by atoms with Gasteiger partial charge in [0.2, 0.25) is 0 Å². The molecule has 150 valence electrons. The Morgan fingerprint density at radius 1 is 0.690 bits per heavy atom. The van der Waals surface area contributed by atoms with E-state index in [0.29, 0.717) is 0 Å². The number of aliphatic hydroxyl groups is 1. The van der Waals surface area contributed by atoms with Crippen molar-refractivity contribution in [2.24, 2.45) is 0 Å². The summed E-state index contributed by atoms with van der Waals surface area (Å²) in [6, 6.07) is 33.2. The number of aliphatic hydroxyl groups excluding tert-OH is 1. The summed E-state index contributed by atoms with van der Waals surface area (Å²) < 4.78 is 0. The van der Waals surface area contributed by atoms with Crippen LogP contribution in [0.3, 0.4) is 0 Å². The first kappa shape index (κ1) is 21.5. The summed E-state index contributed by atoms with van der Waals surface area (Å²) in [6.45, 7) is 1.86. The molecule has 0 radical (unpaired) electrons. The fourth-order valence-corrected chi connectivity index (χ4v) is 8.17. The van der Waals surface area contributed by atoms with Crippen molar-refractivity contribution in [3.05, 3.63) is 103 Å². The molecule has 1 atom stereocenters. The number of hydrogen-bond acceptors (Lipinski definition) is 1. The van der Waals surface area contributed by atoms with Gasteiger partial charge < -0.3 is 5.11 Å². The highest BCUT2D eigenvalue weighted by Gasteiger charge is 2.44. The standard InChI is InChI=1S/C27H32OP/c1-24(28)16-8-3-2-4-15-23-29(25-17-9-5-10-18-25,26-19-11-6-12-20-26)27-21-13-7-14-22-27/h2,4-7,9-14,17-22,24,28H,3,8,15-16,23H2,1H3/q+1/b4-2-/t24-/m1/s1. The Bertz CT molecular complexity index is 760. The van der Waals surface area contributed by atoms with Gasteiger partial charge in [-0.3, -0.25) is 0 Å². The van der Waals surface area contributed by atoms with E-state index in [4.69, 9.17) is 0 Å². The van der Waals surface area contributed by atoms with Crippen molar-refractivity contribution in [1.29, 1.82) is 0 Å². The Morgan fingerprint density at radius 2 is 1.10 bits per heavy atom. The van der Waals surface area contributed by atoms with Crippen LogP contribution in [0.5, 0.6) is 0 Å². The van der Waals surface area contributed by atoms with Gasteiger partial charge in [0, 0.05) is 6.42 Å². The fraction of sp³-hybridized carbons (Fsp3) is 0.259. The molecule has 0 amide bonds. The zero-order valence-electron chi connectivity index (χ0n) is 17.3. The lowest BCUT2D eigenvalue weighted by atomic mass is 10.1. The van der Waals surface area contributed by atoms with Crippen LogP contribution >= 0.6 is 7.26 Å². The van der Waals surface area contributed by atoms with Crippen LogP contribution in [-0.2, 0) is 0 Å². The number of hydrogen-bond donors (Lipinski definition) is 1. The number of benzene rings is 3. The van der Waals surface area contributed by atoms with Crippen LogP contribution in [0.4, 0.5) is 0 Å². The summed E-state index contributed by atoms with van der Waals surface area (Å²) in [5.74, 6) is 0. The number of unbranched alkanes of at least 4 members (excludes halogenated alkanes) is 1. The average Bonchev–Trinajstić information content (AvgIpc) is 2.77. The lowest BCUT2D eigenvalue weighted by Crippen LogP contribution is -2.33. The van der Waals surface area contributed by atoms with Gasteiger partial charge in [-0.1, -0.05) is 66.7 Å². The van der Waals surface area contributed by atoms with E-state index in [9.17, 15) is 5.11 Å². The smallest absolute Gasteiger partial charge is 0.112 e. The van der Waals surface area contributed by atoms with Crippen molar-refractivity contribution in [3.8, 4) is 0 Å². The highest BCUT2D eigenvalue weighted by molar-refractivity contribution is 7.95. The second-order valence-corrected chi connectivity index (χ2v) is 11.2. The van der Waals surface area contributed by atoms with Crippen molar-refractivity contribution in [3.63, 3.8) is 0 Å². The van der Waals surface area contributed by atoms with E-state index >= 15 is 0 Å². The maximum Gasteiger partial charge on any atom is 0.112 e. The van der Waals surface area contributed by atoms with E-state index in [2.05, 4.69) is 103 Å². The van der Waals surface area contributed by atoms with Gasteiger partial charge in [0.1, 0.15) is 23.2 Å². The second-order valence-electron chi connectivity index (χ2n) is 7.58. The summed E-state index contributed by atoms with van der Waals surface area (Å²) in [4.78, 5) is 0. The minimum Gasteiger partial charge on any atom is -0.393 e. The zero-order chi connectivity index (χ0) is 20.4. The predicted octanol–water partition coefficient (Wildman–Crippen LogP) is 5.48. The summed E-state index contributed by atoms with van der Waals surface area (Å²) >= 11 is 0. The van der Waals surface area contributed by atoms with E-state index in [1.165, 1.54) is 15.9 Å². The molecule has 1 N–H and O–H groups in total. The van der Waals surface area contributed by atoms with Gasteiger partial charge in [0.05, 0.1) is 12.3 Å². The molecule has 1 nitrogen and oxygen atoms in total. The van der Waals surface area contributed by atoms with Crippen molar-refractivity contribution < 1.29 is 5.11 Å². The van der Waals surface area contributed by atoms with Crippen LogP contribution in [0.25, 0.3) is 0 Å². The molecule has 0 saturated carbocycles. The van der Waals surface area contributed by atoms with E-state index < -0.39 is 7.26 Å². The third kappa shape index (κ3) is 5.66. The van der Waals surface area contributed by atoms with Crippen molar-refractivity contribution in [2.75, 3.05) is 6.16 Å². The molecule has 0 unspecified atom stereocenters. The third-order valence-corrected chi connectivity index (χ3v) is 9.85. The second kappa shape index (κ2) is 11.1. The van der Waals surface area contributed by atoms with Gasteiger partial charge in [0.25, 0.3) is 0 Å². The molecular weight excluding hydrogens is 371 g/mol. The largest absolute Gasteiger partial charge is 0.393 e. The Morgan fingerprint density at radius 3 is 1.52 bits per heavy atom. The van der Waals surface area contributed by atoms with E-state index in [1.54, 1.807) is 0 Å². The van der Waals surface area contributed by atoms with Crippen LogP contribution in [0.1, 0.15) is 32.6 Å². The van der Waals surface area contributed by atoms with Gasteiger partial charge >= 0.3 is 0 Å². The lowest BCUT2D eigenvalue weighted by molar-refractivity contribution is 0.182. The maximum absolute atomic E-state index is 9.42. The summed E-state index contributed by atoms with van der Waals surface area (Å²) in [6.07, 6.45) is 9.57. The predicted molar refractivity (Wildman–Crippen MR) is 129 cm³/mol. The molecule has 0 spiro atoms. The first-order valence-electron chi connectivity index (χ1n) is 10.6. The molecule has 0 aromatic heterocycles. The lowest BCUT2D eigenvalue weighted by Gasteiger charge is -2.27. The van der Waals surface area contributed by atoms with Crippen LogP contribution in [0.15, 0.2) is 103 Å². The molecule has 3 rings (SSSR count). The van der Waals surface area contributed by atoms with Gasteiger partial charge in [0.15, 0.2) is 0 Å². The third-order valence-electron chi connectivity index (χ3n) is 5.38. The molecule has 2 heteroatoms. The molecule has 0 bridgehead atoms. The number of allylic oxidation sites excluding steroid dienone is 2. The van der Waals surface area contributed by atoms with Gasteiger partial charge in [-0.2, -0.15) is 0 Å². The monoisotopic (exact) mass is 403 g/mol. The Labute approximate surface area is 176 Å². The minimum absolute atomic E-state index is 0.198. The van der Waals surface area contributed by atoms with Crippen LogP contribution in [-0.4, -0.2) is 17.4 Å². The van der Waals surface area contributed by atoms with Crippen LogP contribution in [0.2, 0.25) is 0 Å². The van der Waals surface area contributed by atoms with E-state index in [1.807, 2.05) is 6.92 Å². The highest BCUT2D eigenvalue weighted by atomic mass is 31.2. The average molecular weight is 404 g/mol. The first-order chi connectivity index (χ1) is 14.2. The number of rotatable bonds is 10. The van der Waals surface area contributed by atoms with E-state index in [0.717, 1.165) is 31.8 Å².